The molecule has 0 bridgehead atoms. The van der Waals surface area contributed by atoms with Gasteiger partial charge >= 0.3 is 0 Å². The normalized spacial score (nSPS) is 14.8. The van der Waals surface area contributed by atoms with Crippen molar-refractivity contribution >= 4 is 15.9 Å². The quantitative estimate of drug-likeness (QED) is 0.588. The van der Waals surface area contributed by atoms with Crippen LogP contribution < -0.4 is 14.8 Å². The Labute approximate surface area is 173 Å². The van der Waals surface area contributed by atoms with Gasteiger partial charge in [-0.1, -0.05) is 34.1 Å². The topological polar surface area (TPSA) is 43.0 Å². The van der Waals surface area contributed by atoms with Gasteiger partial charge in [0.15, 0.2) is 11.5 Å². The minimum absolute atomic E-state index is 0.139. The molecule has 1 saturated heterocycles. The third-order valence-electron chi connectivity index (χ3n) is 4.73. The molecule has 0 unspecified atom stereocenters. The van der Waals surface area contributed by atoms with E-state index in [1.807, 2.05) is 12.1 Å². The molecule has 152 valence electrons. The second-order valence-electron chi connectivity index (χ2n) is 6.57. The first-order valence-corrected chi connectivity index (χ1v) is 10.2. The van der Waals surface area contributed by atoms with Gasteiger partial charge < -0.3 is 19.5 Å². The Morgan fingerprint density at radius 2 is 1.96 bits per heavy atom. The van der Waals surface area contributed by atoms with Crippen molar-refractivity contribution < 1.29 is 18.6 Å². The number of methoxy groups -OCH3 is 1. The zero-order valence-corrected chi connectivity index (χ0v) is 17.6. The number of hydrogen-bond donors (Lipinski definition) is 1. The summed E-state index contributed by atoms with van der Waals surface area (Å²) in [6, 6.07) is 10.4. The van der Waals surface area contributed by atoms with Crippen LogP contribution in [0.5, 0.6) is 11.5 Å². The first-order valence-electron chi connectivity index (χ1n) is 9.41. The van der Waals surface area contributed by atoms with Gasteiger partial charge in [0.25, 0.3) is 0 Å². The van der Waals surface area contributed by atoms with E-state index in [1.54, 1.807) is 25.3 Å². The number of halogens is 2. The fourth-order valence-corrected chi connectivity index (χ4v) is 3.56. The van der Waals surface area contributed by atoms with Gasteiger partial charge in [-0.3, -0.25) is 4.90 Å². The second-order valence-corrected chi connectivity index (χ2v) is 7.42. The van der Waals surface area contributed by atoms with Crippen molar-refractivity contribution in [3.63, 3.8) is 0 Å². The van der Waals surface area contributed by atoms with E-state index in [1.165, 1.54) is 6.07 Å². The number of rotatable bonds is 9. The molecule has 1 heterocycles. The molecule has 28 heavy (non-hydrogen) atoms. The molecule has 2 aromatic carbocycles. The van der Waals surface area contributed by atoms with Crippen molar-refractivity contribution in [1.29, 1.82) is 0 Å². The summed E-state index contributed by atoms with van der Waals surface area (Å²) in [4.78, 5) is 2.38. The number of nitrogens with one attached hydrogen (secondary N) is 1. The van der Waals surface area contributed by atoms with Crippen molar-refractivity contribution in [3.05, 3.63) is 57.8 Å². The number of ether oxygens (including phenoxy) is 3. The van der Waals surface area contributed by atoms with Crippen molar-refractivity contribution in [3.8, 4) is 11.5 Å². The lowest BCUT2D eigenvalue weighted by molar-refractivity contribution is 0.0384. The molecule has 5 nitrogen and oxygen atoms in total. The molecule has 1 aliphatic heterocycles. The van der Waals surface area contributed by atoms with Gasteiger partial charge in [0.1, 0.15) is 12.4 Å². The average Bonchev–Trinajstić information content (AvgIpc) is 2.72. The van der Waals surface area contributed by atoms with E-state index in [9.17, 15) is 4.39 Å². The first kappa shape index (κ1) is 21.0. The third kappa shape index (κ3) is 5.67. The van der Waals surface area contributed by atoms with Crippen LogP contribution >= 0.6 is 15.9 Å². The zero-order valence-electron chi connectivity index (χ0n) is 16.0. The van der Waals surface area contributed by atoms with Crippen LogP contribution in [0.25, 0.3) is 0 Å². The van der Waals surface area contributed by atoms with Gasteiger partial charge in [0, 0.05) is 48.3 Å². The summed E-state index contributed by atoms with van der Waals surface area (Å²) in [5, 5.41) is 3.47. The van der Waals surface area contributed by atoms with Gasteiger partial charge in [-0.25, -0.2) is 4.39 Å². The van der Waals surface area contributed by atoms with E-state index in [0.717, 1.165) is 49.4 Å². The van der Waals surface area contributed by atoms with Gasteiger partial charge in [-0.05, 0) is 18.2 Å². The van der Waals surface area contributed by atoms with Crippen LogP contribution in [0.15, 0.2) is 40.9 Å². The maximum absolute atomic E-state index is 13.9. The lowest BCUT2D eigenvalue weighted by atomic mass is 10.1. The molecule has 7 heteroatoms. The molecule has 0 aliphatic carbocycles. The van der Waals surface area contributed by atoms with Crippen LogP contribution in [-0.2, 0) is 17.9 Å². The molecule has 0 radical (unpaired) electrons. The number of nitrogens with zero attached hydrogens (tertiary/aromatic N) is 1. The Balaban J connectivity index is 1.64. The second kappa shape index (κ2) is 10.8. The highest BCUT2D eigenvalue weighted by Crippen LogP contribution is 2.36. The van der Waals surface area contributed by atoms with Crippen molar-refractivity contribution in [2.75, 3.05) is 46.5 Å². The molecule has 1 aliphatic rings. The smallest absolute Gasteiger partial charge is 0.167 e. The van der Waals surface area contributed by atoms with Gasteiger partial charge in [0.05, 0.1) is 20.3 Å². The van der Waals surface area contributed by atoms with Crippen LogP contribution in [0.1, 0.15) is 11.1 Å². The minimum Gasteiger partial charge on any atom is -0.493 e. The lowest BCUT2D eigenvalue weighted by Gasteiger charge is -2.26. The molecule has 0 aromatic heterocycles. The third-order valence-corrected chi connectivity index (χ3v) is 5.47. The van der Waals surface area contributed by atoms with Crippen LogP contribution in [0.2, 0.25) is 0 Å². The van der Waals surface area contributed by atoms with Crippen LogP contribution in [0.3, 0.4) is 0 Å². The highest BCUT2D eigenvalue weighted by molar-refractivity contribution is 9.10. The zero-order chi connectivity index (χ0) is 19.8. The molecule has 2 aromatic rings. The Morgan fingerprint density at radius 1 is 1.18 bits per heavy atom. The fourth-order valence-electron chi connectivity index (χ4n) is 3.11. The van der Waals surface area contributed by atoms with Crippen LogP contribution in [0, 0.1) is 5.82 Å². The predicted octanol–water partition coefficient (Wildman–Crippen LogP) is 3.60. The molecular formula is C21H26BrFN2O3. The average molecular weight is 453 g/mol. The summed E-state index contributed by atoms with van der Waals surface area (Å²) in [5.74, 6) is 0.977. The SMILES string of the molecule is COc1ccc(Br)c(CNCCN2CCOCC2)c1OCc1ccccc1F. The number of benzene rings is 2. The van der Waals surface area contributed by atoms with E-state index in [2.05, 4.69) is 26.1 Å². The molecule has 0 amide bonds. The summed E-state index contributed by atoms with van der Waals surface area (Å²) < 4.78 is 31.7. The van der Waals surface area contributed by atoms with Crippen LogP contribution in [-0.4, -0.2) is 51.4 Å². The highest BCUT2D eigenvalue weighted by atomic mass is 79.9. The summed E-state index contributed by atoms with van der Waals surface area (Å²) >= 11 is 3.60. The Kier molecular flexibility index (Phi) is 8.09. The summed E-state index contributed by atoms with van der Waals surface area (Å²) in [7, 11) is 1.61. The lowest BCUT2D eigenvalue weighted by Crippen LogP contribution is -2.40. The Bertz CT molecular complexity index is 769. The monoisotopic (exact) mass is 452 g/mol. The summed E-state index contributed by atoms with van der Waals surface area (Å²) in [5.41, 5.74) is 1.47. The highest BCUT2D eigenvalue weighted by Gasteiger charge is 2.16. The van der Waals surface area contributed by atoms with E-state index in [4.69, 9.17) is 14.2 Å². The van der Waals surface area contributed by atoms with Crippen molar-refractivity contribution in [1.82, 2.24) is 10.2 Å². The molecule has 0 atom stereocenters. The van der Waals surface area contributed by atoms with E-state index < -0.39 is 0 Å². The number of hydrogen-bond acceptors (Lipinski definition) is 5. The van der Waals surface area contributed by atoms with E-state index in [0.29, 0.717) is 23.6 Å². The van der Waals surface area contributed by atoms with Gasteiger partial charge in [-0.2, -0.15) is 0 Å². The van der Waals surface area contributed by atoms with E-state index in [-0.39, 0.29) is 12.4 Å². The molecular weight excluding hydrogens is 427 g/mol. The predicted molar refractivity (Wildman–Crippen MR) is 110 cm³/mol. The molecule has 1 fully saturated rings. The maximum Gasteiger partial charge on any atom is 0.167 e. The molecule has 0 saturated carbocycles. The number of morpholine rings is 1. The van der Waals surface area contributed by atoms with Gasteiger partial charge in [0.2, 0.25) is 0 Å². The maximum atomic E-state index is 13.9. The Hall–Kier alpha value is -1.67. The van der Waals surface area contributed by atoms with Gasteiger partial charge in [-0.15, -0.1) is 0 Å². The molecule has 0 spiro atoms. The minimum atomic E-state index is -0.276. The largest absolute Gasteiger partial charge is 0.493 e. The van der Waals surface area contributed by atoms with Crippen molar-refractivity contribution in [2.24, 2.45) is 0 Å². The fraction of sp³-hybridized carbons (Fsp3) is 0.429. The van der Waals surface area contributed by atoms with Crippen molar-refractivity contribution in [2.45, 2.75) is 13.2 Å². The standard InChI is InChI=1S/C21H26BrFN2O3/c1-26-20-7-6-18(22)17(14-24-8-9-25-10-12-27-13-11-25)21(20)28-15-16-4-2-3-5-19(16)23/h2-7,24H,8-15H2,1H3. The summed E-state index contributed by atoms with van der Waals surface area (Å²) in [6.45, 7) is 6.13. The molecule has 3 rings (SSSR count). The van der Waals surface area contributed by atoms with E-state index >= 15 is 0 Å². The first-order chi connectivity index (χ1) is 13.7. The molecule has 1 N–H and O–H groups in total. The van der Waals surface area contributed by atoms with Crippen LogP contribution in [0.4, 0.5) is 4.39 Å². The summed E-state index contributed by atoms with van der Waals surface area (Å²) in [6.07, 6.45) is 0. The Morgan fingerprint density at radius 3 is 2.71 bits per heavy atom.